The normalized spacial score (nSPS) is 10.5. The van der Waals surface area contributed by atoms with Gasteiger partial charge in [-0.2, -0.15) is 0 Å². The minimum absolute atomic E-state index is 0.193. The molecule has 0 bridgehead atoms. The largest absolute Gasteiger partial charge is 0.479 e. The molecule has 72 valence electrons. The number of anilines is 1. The van der Waals surface area contributed by atoms with E-state index in [-0.39, 0.29) is 5.88 Å². The molecule has 0 aliphatic carbocycles. The van der Waals surface area contributed by atoms with E-state index < -0.39 is 23.5 Å². The molecule has 13 heavy (non-hydrogen) atoms. The van der Waals surface area contributed by atoms with Crippen LogP contribution < -0.4 is 10.5 Å². The van der Waals surface area contributed by atoms with E-state index in [2.05, 4.69) is 9.72 Å². The third-order valence-electron chi connectivity index (χ3n) is 1.47. The molecule has 0 atom stereocenters. The number of rotatable bonds is 2. The van der Waals surface area contributed by atoms with Gasteiger partial charge in [-0.1, -0.05) is 0 Å². The number of pyridine rings is 1. The van der Waals surface area contributed by atoms with Crippen LogP contribution in [0.1, 0.15) is 12.0 Å². The zero-order valence-electron chi connectivity index (χ0n) is 6.72. The molecule has 0 fully saturated rings. The number of hydrogen-bond acceptors (Lipinski definition) is 3. The first kappa shape index (κ1) is 9.63. The van der Waals surface area contributed by atoms with Gasteiger partial charge < -0.3 is 10.5 Å². The molecule has 1 rings (SSSR count). The van der Waals surface area contributed by atoms with Crippen molar-refractivity contribution >= 4 is 5.69 Å². The molecule has 0 saturated heterocycles. The Labute approximate surface area is 72.3 Å². The molecule has 0 unspecified atom stereocenters. The SMILES string of the molecule is COc1ncc(C(F)F)c(F)c1N. The summed E-state index contributed by atoms with van der Waals surface area (Å²) < 4.78 is 41.6. The Bertz CT molecular complexity index is 317. The molecule has 1 aromatic rings. The van der Waals surface area contributed by atoms with Crippen LogP contribution in [0, 0.1) is 5.82 Å². The molecule has 0 aromatic carbocycles. The molecule has 0 spiro atoms. The van der Waals surface area contributed by atoms with E-state index in [9.17, 15) is 13.2 Å². The lowest BCUT2D eigenvalue weighted by atomic mass is 10.2. The molecule has 0 aliphatic rings. The molecule has 2 N–H and O–H groups in total. The second kappa shape index (κ2) is 3.51. The number of methoxy groups -OCH3 is 1. The van der Waals surface area contributed by atoms with Gasteiger partial charge in [0.15, 0.2) is 5.82 Å². The Morgan fingerprint density at radius 1 is 1.54 bits per heavy atom. The third kappa shape index (κ3) is 1.66. The molecule has 0 saturated carbocycles. The summed E-state index contributed by atoms with van der Waals surface area (Å²) in [4.78, 5) is 3.41. The Hall–Kier alpha value is -1.46. The van der Waals surface area contributed by atoms with Gasteiger partial charge in [0.1, 0.15) is 5.69 Å². The second-order valence-electron chi connectivity index (χ2n) is 2.25. The monoisotopic (exact) mass is 192 g/mol. The standard InChI is InChI=1S/C7H7F3N2O/c1-13-7-5(11)4(8)3(2-12-7)6(9)10/h2,6H,11H2,1H3. The number of nitrogens with two attached hydrogens (primary N) is 1. The van der Waals surface area contributed by atoms with Gasteiger partial charge in [0.2, 0.25) is 5.88 Å². The topological polar surface area (TPSA) is 48.1 Å². The first-order chi connectivity index (χ1) is 6.07. The van der Waals surface area contributed by atoms with Crippen LogP contribution >= 0.6 is 0 Å². The van der Waals surface area contributed by atoms with Crippen molar-refractivity contribution in [1.29, 1.82) is 0 Å². The molecular weight excluding hydrogens is 185 g/mol. The predicted octanol–water partition coefficient (Wildman–Crippen LogP) is 1.75. The van der Waals surface area contributed by atoms with Gasteiger partial charge in [-0.15, -0.1) is 0 Å². The lowest BCUT2D eigenvalue weighted by molar-refractivity contribution is 0.146. The average Bonchev–Trinajstić information content (AvgIpc) is 2.09. The number of alkyl halides is 2. The summed E-state index contributed by atoms with van der Waals surface area (Å²) in [6.07, 6.45) is -2.23. The van der Waals surface area contributed by atoms with Crippen LogP contribution in [-0.4, -0.2) is 12.1 Å². The van der Waals surface area contributed by atoms with Gasteiger partial charge in [0.25, 0.3) is 6.43 Å². The van der Waals surface area contributed by atoms with E-state index in [0.29, 0.717) is 6.20 Å². The highest BCUT2D eigenvalue weighted by molar-refractivity contribution is 5.51. The zero-order chi connectivity index (χ0) is 10.0. The number of aromatic nitrogens is 1. The summed E-state index contributed by atoms with van der Waals surface area (Å²) in [7, 11) is 1.22. The third-order valence-corrected chi connectivity index (χ3v) is 1.47. The van der Waals surface area contributed by atoms with E-state index >= 15 is 0 Å². The molecule has 0 amide bonds. The first-order valence-corrected chi connectivity index (χ1v) is 3.34. The van der Waals surface area contributed by atoms with Crippen molar-refractivity contribution in [3.05, 3.63) is 17.6 Å². The Kier molecular flexibility index (Phi) is 2.60. The lowest BCUT2D eigenvalue weighted by Crippen LogP contribution is -2.02. The van der Waals surface area contributed by atoms with Crippen LogP contribution in [0.2, 0.25) is 0 Å². The Balaban J connectivity index is 3.23. The summed E-state index contributed by atoms with van der Waals surface area (Å²) in [6.45, 7) is 0. The molecule has 6 heteroatoms. The van der Waals surface area contributed by atoms with Crippen molar-refractivity contribution in [1.82, 2.24) is 4.98 Å². The van der Waals surface area contributed by atoms with E-state index in [1.165, 1.54) is 7.11 Å². The van der Waals surface area contributed by atoms with Crippen molar-refractivity contribution in [2.45, 2.75) is 6.43 Å². The summed E-state index contributed by atoms with van der Waals surface area (Å²) in [5, 5.41) is 0. The second-order valence-corrected chi connectivity index (χ2v) is 2.25. The molecule has 3 nitrogen and oxygen atoms in total. The Morgan fingerprint density at radius 3 is 2.62 bits per heavy atom. The summed E-state index contributed by atoms with van der Waals surface area (Å²) in [5.41, 5.74) is 3.82. The Morgan fingerprint density at radius 2 is 2.15 bits per heavy atom. The van der Waals surface area contributed by atoms with Gasteiger partial charge in [-0.25, -0.2) is 18.2 Å². The van der Waals surface area contributed by atoms with Gasteiger partial charge in [0.05, 0.1) is 12.7 Å². The van der Waals surface area contributed by atoms with E-state index in [0.717, 1.165) is 0 Å². The van der Waals surface area contributed by atoms with Crippen LogP contribution in [0.15, 0.2) is 6.20 Å². The number of halogens is 3. The van der Waals surface area contributed by atoms with Crippen molar-refractivity contribution in [3.63, 3.8) is 0 Å². The maximum Gasteiger partial charge on any atom is 0.268 e. The number of nitrogen functional groups attached to an aromatic ring is 1. The van der Waals surface area contributed by atoms with Gasteiger partial charge in [0, 0.05) is 6.20 Å². The van der Waals surface area contributed by atoms with Crippen molar-refractivity contribution in [3.8, 4) is 5.88 Å². The molecule has 1 aromatic heterocycles. The van der Waals surface area contributed by atoms with E-state index in [4.69, 9.17) is 5.73 Å². The summed E-state index contributed by atoms with van der Waals surface area (Å²) >= 11 is 0. The maximum atomic E-state index is 13.0. The van der Waals surface area contributed by atoms with Gasteiger partial charge >= 0.3 is 0 Å². The highest BCUT2D eigenvalue weighted by Gasteiger charge is 2.19. The van der Waals surface area contributed by atoms with Crippen molar-refractivity contribution < 1.29 is 17.9 Å². The highest BCUT2D eigenvalue weighted by Crippen LogP contribution is 2.29. The van der Waals surface area contributed by atoms with Crippen LogP contribution in [-0.2, 0) is 0 Å². The van der Waals surface area contributed by atoms with Gasteiger partial charge in [-0.3, -0.25) is 0 Å². The first-order valence-electron chi connectivity index (χ1n) is 3.34. The van der Waals surface area contributed by atoms with Crippen LogP contribution in [0.3, 0.4) is 0 Å². The maximum absolute atomic E-state index is 13.0. The molecule has 0 aliphatic heterocycles. The van der Waals surface area contributed by atoms with E-state index in [1.54, 1.807) is 0 Å². The lowest BCUT2D eigenvalue weighted by Gasteiger charge is -2.07. The van der Waals surface area contributed by atoms with Gasteiger partial charge in [-0.05, 0) is 0 Å². The predicted molar refractivity (Wildman–Crippen MR) is 40.1 cm³/mol. The van der Waals surface area contributed by atoms with Crippen molar-refractivity contribution in [2.24, 2.45) is 0 Å². The van der Waals surface area contributed by atoms with Crippen LogP contribution in [0.25, 0.3) is 0 Å². The van der Waals surface area contributed by atoms with E-state index in [1.807, 2.05) is 0 Å². The average molecular weight is 192 g/mol. The number of hydrogen-bond donors (Lipinski definition) is 1. The van der Waals surface area contributed by atoms with Crippen LogP contribution in [0.4, 0.5) is 18.9 Å². The highest BCUT2D eigenvalue weighted by atomic mass is 19.3. The molecule has 1 heterocycles. The minimum Gasteiger partial charge on any atom is -0.479 e. The summed E-state index contributed by atoms with van der Waals surface area (Å²) in [6, 6.07) is 0. The number of nitrogens with zero attached hydrogens (tertiary/aromatic N) is 1. The smallest absolute Gasteiger partial charge is 0.268 e. The fraction of sp³-hybridized carbons (Fsp3) is 0.286. The fourth-order valence-corrected chi connectivity index (χ4v) is 0.819. The molecular formula is C7H7F3N2O. The van der Waals surface area contributed by atoms with Crippen molar-refractivity contribution in [2.75, 3.05) is 12.8 Å². The van der Waals surface area contributed by atoms with Crippen LogP contribution in [0.5, 0.6) is 5.88 Å². The fourth-order valence-electron chi connectivity index (χ4n) is 0.819. The zero-order valence-corrected chi connectivity index (χ0v) is 6.72. The quantitative estimate of drug-likeness (QED) is 0.776. The minimum atomic E-state index is -2.93. The number of ether oxygens (including phenoxy) is 1. The molecule has 0 radical (unpaired) electrons. The summed E-state index contributed by atoms with van der Waals surface area (Å²) in [5.74, 6) is -1.37.